The Kier molecular flexibility index (Phi) is 6.17. The zero-order valence-corrected chi connectivity index (χ0v) is 16.5. The van der Waals surface area contributed by atoms with Crippen LogP contribution in [-0.4, -0.2) is 42.0 Å². The van der Waals surface area contributed by atoms with Crippen LogP contribution in [0.1, 0.15) is 42.0 Å². The average Bonchev–Trinajstić information content (AvgIpc) is 3.18. The van der Waals surface area contributed by atoms with Gasteiger partial charge < -0.3 is 10.6 Å². The molecule has 1 amide bonds. The maximum Gasteiger partial charge on any atom is 0.230 e. The molecule has 27 heavy (non-hydrogen) atoms. The number of hydrogen-bond acceptors (Lipinski definition) is 5. The minimum Gasteiger partial charge on any atom is -0.317 e. The van der Waals surface area contributed by atoms with E-state index in [1.807, 2.05) is 12.3 Å². The average molecular weight is 385 g/mol. The molecule has 2 aromatic rings. The molecular weight excluding hydrogens is 356 g/mol. The summed E-state index contributed by atoms with van der Waals surface area (Å²) in [5.41, 5.74) is 1.31. The first kappa shape index (κ1) is 18.6. The van der Waals surface area contributed by atoms with Gasteiger partial charge in [-0.2, -0.15) is 0 Å². The second kappa shape index (κ2) is 8.95. The van der Waals surface area contributed by atoms with E-state index in [1.165, 1.54) is 10.4 Å². The summed E-state index contributed by atoms with van der Waals surface area (Å²) in [5.74, 6) is 0.762. The lowest BCUT2D eigenvalue weighted by Crippen LogP contribution is -2.40. The molecule has 2 fully saturated rings. The molecule has 2 saturated heterocycles. The first-order valence-electron chi connectivity index (χ1n) is 10.0. The van der Waals surface area contributed by atoms with Crippen LogP contribution in [0.3, 0.4) is 0 Å². The van der Waals surface area contributed by atoms with Gasteiger partial charge in [0.05, 0.1) is 5.92 Å². The number of nitrogens with zero attached hydrogens (tertiary/aromatic N) is 2. The van der Waals surface area contributed by atoms with E-state index in [0.717, 1.165) is 63.5 Å². The summed E-state index contributed by atoms with van der Waals surface area (Å²) < 4.78 is 0. The van der Waals surface area contributed by atoms with Crippen molar-refractivity contribution < 1.29 is 4.79 Å². The van der Waals surface area contributed by atoms with Gasteiger partial charge in [-0.05, 0) is 56.8 Å². The standard InChI is InChI=1S/C21H28N4OS/c26-20(24-21-23-13-19(27-21)17-8-10-22-11-9-17)18-7-4-12-25(15-18)14-16-5-2-1-3-6-16/h1-3,5-6,13,17-18,22H,4,7-12,14-15H2,(H,23,24,26). The predicted molar refractivity (Wildman–Crippen MR) is 110 cm³/mol. The third-order valence-corrected chi connectivity index (χ3v) is 6.70. The highest BCUT2D eigenvalue weighted by Gasteiger charge is 2.27. The number of thiazole rings is 1. The van der Waals surface area contributed by atoms with Gasteiger partial charge in [-0.3, -0.25) is 9.69 Å². The minimum atomic E-state index is 0.0497. The number of anilines is 1. The number of piperidine rings is 2. The Balaban J connectivity index is 1.32. The lowest BCUT2D eigenvalue weighted by Gasteiger charge is -2.31. The second-order valence-electron chi connectivity index (χ2n) is 7.64. The number of hydrogen-bond donors (Lipinski definition) is 2. The smallest absolute Gasteiger partial charge is 0.230 e. The van der Waals surface area contributed by atoms with Crippen LogP contribution in [0.5, 0.6) is 0 Å². The Labute approximate surface area is 165 Å². The van der Waals surface area contributed by atoms with Gasteiger partial charge in [0.2, 0.25) is 5.91 Å². The molecule has 0 aliphatic carbocycles. The van der Waals surface area contributed by atoms with Crippen LogP contribution in [0, 0.1) is 5.92 Å². The maximum absolute atomic E-state index is 12.8. The summed E-state index contributed by atoms with van der Waals surface area (Å²) in [7, 11) is 0. The van der Waals surface area contributed by atoms with E-state index in [-0.39, 0.29) is 11.8 Å². The molecule has 0 spiro atoms. The summed E-state index contributed by atoms with van der Waals surface area (Å²) in [6.07, 6.45) is 6.31. The van der Waals surface area contributed by atoms with Crippen molar-refractivity contribution in [2.75, 3.05) is 31.5 Å². The van der Waals surface area contributed by atoms with Gasteiger partial charge in [-0.25, -0.2) is 4.98 Å². The molecule has 0 bridgehead atoms. The number of likely N-dealkylation sites (tertiary alicyclic amines) is 1. The van der Waals surface area contributed by atoms with Crippen LogP contribution in [0.25, 0.3) is 0 Å². The van der Waals surface area contributed by atoms with E-state index in [4.69, 9.17) is 0 Å². The van der Waals surface area contributed by atoms with Crippen molar-refractivity contribution in [2.45, 2.75) is 38.1 Å². The molecule has 5 nitrogen and oxygen atoms in total. The third-order valence-electron chi connectivity index (χ3n) is 5.62. The monoisotopic (exact) mass is 384 g/mol. The summed E-state index contributed by atoms with van der Waals surface area (Å²) in [5, 5.41) is 7.24. The molecule has 2 N–H and O–H groups in total. The van der Waals surface area contributed by atoms with Gasteiger partial charge in [0.1, 0.15) is 0 Å². The molecule has 2 aliphatic heterocycles. The highest BCUT2D eigenvalue weighted by molar-refractivity contribution is 7.15. The van der Waals surface area contributed by atoms with Crippen LogP contribution in [0.15, 0.2) is 36.5 Å². The second-order valence-corrected chi connectivity index (χ2v) is 8.70. The van der Waals surface area contributed by atoms with E-state index in [2.05, 4.69) is 44.8 Å². The topological polar surface area (TPSA) is 57.3 Å². The van der Waals surface area contributed by atoms with Crippen molar-refractivity contribution in [3.63, 3.8) is 0 Å². The first-order valence-corrected chi connectivity index (χ1v) is 10.8. The van der Waals surface area contributed by atoms with Crippen molar-refractivity contribution in [3.8, 4) is 0 Å². The molecule has 6 heteroatoms. The number of carbonyl (C=O) groups excluding carboxylic acids is 1. The third kappa shape index (κ3) is 4.94. The van der Waals surface area contributed by atoms with E-state index in [0.29, 0.717) is 5.92 Å². The molecular formula is C21H28N4OS. The van der Waals surface area contributed by atoms with Crippen molar-refractivity contribution >= 4 is 22.4 Å². The fourth-order valence-electron chi connectivity index (χ4n) is 4.10. The van der Waals surface area contributed by atoms with E-state index >= 15 is 0 Å². The lowest BCUT2D eigenvalue weighted by molar-refractivity contribution is -0.121. The molecule has 0 radical (unpaired) electrons. The predicted octanol–water partition coefficient (Wildman–Crippen LogP) is 3.46. The molecule has 144 valence electrons. The molecule has 0 saturated carbocycles. The number of benzene rings is 1. The van der Waals surface area contributed by atoms with Crippen LogP contribution < -0.4 is 10.6 Å². The molecule has 1 aromatic carbocycles. The van der Waals surface area contributed by atoms with Crippen molar-refractivity contribution in [1.82, 2.24) is 15.2 Å². The number of aromatic nitrogens is 1. The number of nitrogens with one attached hydrogen (secondary N) is 2. The molecule has 4 rings (SSSR count). The molecule has 1 aromatic heterocycles. The Morgan fingerprint density at radius 2 is 2.04 bits per heavy atom. The Morgan fingerprint density at radius 3 is 2.85 bits per heavy atom. The van der Waals surface area contributed by atoms with Crippen molar-refractivity contribution in [1.29, 1.82) is 0 Å². The largest absolute Gasteiger partial charge is 0.317 e. The first-order chi connectivity index (χ1) is 13.3. The molecule has 3 heterocycles. The van der Waals surface area contributed by atoms with Gasteiger partial charge in [-0.1, -0.05) is 30.3 Å². The fourth-order valence-corrected chi connectivity index (χ4v) is 5.09. The highest BCUT2D eigenvalue weighted by Crippen LogP contribution is 2.32. The zero-order chi connectivity index (χ0) is 18.5. The van der Waals surface area contributed by atoms with Gasteiger partial charge >= 0.3 is 0 Å². The summed E-state index contributed by atoms with van der Waals surface area (Å²) >= 11 is 1.65. The maximum atomic E-state index is 12.8. The van der Waals surface area contributed by atoms with E-state index < -0.39 is 0 Å². The van der Waals surface area contributed by atoms with E-state index in [1.54, 1.807) is 11.3 Å². The summed E-state index contributed by atoms with van der Waals surface area (Å²) in [6.45, 7) is 4.96. The molecule has 1 unspecified atom stereocenters. The van der Waals surface area contributed by atoms with Gasteiger partial charge in [0.25, 0.3) is 0 Å². The van der Waals surface area contributed by atoms with E-state index in [9.17, 15) is 4.79 Å². The number of amides is 1. The quantitative estimate of drug-likeness (QED) is 0.829. The molecule has 1 atom stereocenters. The van der Waals surface area contributed by atoms with Crippen molar-refractivity contribution in [2.24, 2.45) is 5.92 Å². The number of rotatable bonds is 5. The van der Waals surface area contributed by atoms with Gasteiger partial charge in [0, 0.05) is 24.2 Å². The summed E-state index contributed by atoms with van der Waals surface area (Å²) in [4.78, 5) is 20.9. The van der Waals surface area contributed by atoms with Crippen LogP contribution >= 0.6 is 11.3 Å². The minimum absolute atomic E-state index is 0.0497. The van der Waals surface area contributed by atoms with Gasteiger partial charge in [0.15, 0.2) is 5.13 Å². The Bertz CT molecular complexity index is 742. The number of carbonyl (C=O) groups is 1. The van der Waals surface area contributed by atoms with Crippen molar-refractivity contribution in [3.05, 3.63) is 47.0 Å². The SMILES string of the molecule is O=C(Nc1ncc(C2CCNCC2)s1)C1CCCN(Cc2ccccc2)C1. The highest BCUT2D eigenvalue weighted by atomic mass is 32.1. The summed E-state index contributed by atoms with van der Waals surface area (Å²) in [6, 6.07) is 10.5. The normalized spacial score (nSPS) is 21.9. The zero-order valence-electron chi connectivity index (χ0n) is 15.7. The Hall–Kier alpha value is -1.76. The Morgan fingerprint density at radius 1 is 1.22 bits per heavy atom. The molecule has 2 aliphatic rings. The fraction of sp³-hybridized carbons (Fsp3) is 0.524. The van der Waals surface area contributed by atoms with Crippen LogP contribution in [0.2, 0.25) is 0 Å². The lowest BCUT2D eigenvalue weighted by atomic mass is 9.97. The van der Waals surface area contributed by atoms with Gasteiger partial charge in [-0.15, -0.1) is 11.3 Å². The van der Waals surface area contributed by atoms with Crippen LogP contribution in [-0.2, 0) is 11.3 Å². The van der Waals surface area contributed by atoms with Crippen LogP contribution in [0.4, 0.5) is 5.13 Å².